The van der Waals surface area contributed by atoms with Crippen molar-refractivity contribution in [1.29, 1.82) is 0 Å². The van der Waals surface area contributed by atoms with Gasteiger partial charge in [0.15, 0.2) is 0 Å². The third-order valence-corrected chi connectivity index (χ3v) is 3.08. The Kier molecular flexibility index (Phi) is 4.93. The summed E-state index contributed by atoms with van der Waals surface area (Å²) in [6, 6.07) is 12.3. The highest BCUT2D eigenvalue weighted by molar-refractivity contribution is 5.29. The summed E-state index contributed by atoms with van der Waals surface area (Å²) in [5, 5.41) is 0. The van der Waals surface area contributed by atoms with Gasteiger partial charge in [-0.25, -0.2) is 0 Å². The number of nitrogens with zero attached hydrogens (tertiary/aromatic N) is 1. The molecule has 1 heterocycles. The number of benzene rings is 1. The Morgan fingerprint density at radius 1 is 1.16 bits per heavy atom. The molecule has 0 saturated heterocycles. The first kappa shape index (κ1) is 13.6. The van der Waals surface area contributed by atoms with Crippen molar-refractivity contribution in [1.82, 2.24) is 4.98 Å². The smallest absolute Gasteiger partial charge is 0.120 e. The summed E-state index contributed by atoms with van der Waals surface area (Å²) in [5.41, 5.74) is 8.31. The molecule has 0 bridgehead atoms. The van der Waals surface area contributed by atoms with Crippen LogP contribution >= 0.6 is 0 Å². The van der Waals surface area contributed by atoms with Crippen molar-refractivity contribution >= 4 is 0 Å². The van der Waals surface area contributed by atoms with Gasteiger partial charge in [-0.15, -0.1) is 0 Å². The first-order valence-corrected chi connectivity index (χ1v) is 6.64. The van der Waals surface area contributed by atoms with Gasteiger partial charge in [-0.3, -0.25) is 4.98 Å². The van der Waals surface area contributed by atoms with Crippen LogP contribution in [0.4, 0.5) is 0 Å². The summed E-state index contributed by atoms with van der Waals surface area (Å²) >= 11 is 0. The second kappa shape index (κ2) is 6.90. The number of ether oxygens (including phenoxy) is 1. The molecule has 100 valence electrons. The molecule has 3 heteroatoms. The van der Waals surface area contributed by atoms with Crippen LogP contribution in [0.15, 0.2) is 48.8 Å². The normalized spacial score (nSPS) is 12.1. The van der Waals surface area contributed by atoms with Gasteiger partial charge in [0.05, 0.1) is 0 Å². The number of hydrogen-bond donors (Lipinski definition) is 1. The molecule has 1 aromatic heterocycles. The first-order valence-electron chi connectivity index (χ1n) is 6.64. The highest BCUT2D eigenvalue weighted by atomic mass is 16.5. The van der Waals surface area contributed by atoms with Crippen molar-refractivity contribution in [2.45, 2.75) is 32.4 Å². The SMILES string of the molecule is CCC(N)Cc1cccc(OCc2ccncc2)c1. The molecule has 1 aromatic carbocycles. The van der Waals surface area contributed by atoms with E-state index in [0.29, 0.717) is 6.61 Å². The van der Waals surface area contributed by atoms with Crippen LogP contribution in [0, 0.1) is 0 Å². The largest absolute Gasteiger partial charge is 0.489 e. The van der Waals surface area contributed by atoms with Crippen LogP contribution in [-0.2, 0) is 13.0 Å². The van der Waals surface area contributed by atoms with Gasteiger partial charge in [0.1, 0.15) is 12.4 Å². The zero-order chi connectivity index (χ0) is 13.5. The molecule has 0 saturated carbocycles. The minimum atomic E-state index is 0.218. The molecule has 2 N–H and O–H groups in total. The maximum Gasteiger partial charge on any atom is 0.120 e. The van der Waals surface area contributed by atoms with Gasteiger partial charge in [-0.2, -0.15) is 0 Å². The van der Waals surface area contributed by atoms with Crippen LogP contribution in [-0.4, -0.2) is 11.0 Å². The van der Waals surface area contributed by atoms with Crippen molar-refractivity contribution in [3.8, 4) is 5.75 Å². The van der Waals surface area contributed by atoms with Crippen molar-refractivity contribution in [3.05, 3.63) is 59.9 Å². The van der Waals surface area contributed by atoms with E-state index in [9.17, 15) is 0 Å². The van der Waals surface area contributed by atoms with Gasteiger partial charge < -0.3 is 10.5 Å². The van der Waals surface area contributed by atoms with Crippen molar-refractivity contribution < 1.29 is 4.74 Å². The Balaban J connectivity index is 1.95. The number of rotatable bonds is 6. The molecule has 0 fully saturated rings. The predicted molar refractivity (Wildman–Crippen MR) is 77.0 cm³/mol. The lowest BCUT2D eigenvalue weighted by Crippen LogP contribution is -2.21. The molecule has 3 nitrogen and oxygen atoms in total. The Hall–Kier alpha value is -1.87. The van der Waals surface area contributed by atoms with Gasteiger partial charge in [-0.05, 0) is 48.2 Å². The number of pyridine rings is 1. The fourth-order valence-electron chi connectivity index (χ4n) is 1.86. The molecule has 2 rings (SSSR count). The molecule has 0 aliphatic carbocycles. The summed E-state index contributed by atoms with van der Waals surface area (Å²) in [6.45, 7) is 2.67. The second-order valence-corrected chi connectivity index (χ2v) is 4.66. The van der Waals surface area contributed by atoms with Crippen molar-refractivity contribution in [3.63, 3.8) is 0 Å². The van der Waals surface area contributed by atoms with Crippen LogP contribution in [0.2, 0.25) is 0 Å². The fraction of sp³-hybridized carbons (Fsp3) is 0.312. The van der Waals surface area contributed by atoms with E-state index >= 15 is 0 Å². The van der Waals surface area contributed by atoms with E-state index in [1.807, 2.05) is 24.3 Å². The Morgan fingerprint density at radius 2 is 1.95 bits per heavy atom. The Bertz CT molecular complexity index is 499. The first-order chi connectivity index (χ1) is 9.28. The van der Waals surface area contributed by atoms with Crippen LogP contribution in [0.3, 0.4) is 0 Å². The standard InChI is InChI=1S/C16H20N2O/c1-2-15(17)10-14-4-3-5-16(11-14)19-12-13-6-8-18-9-7-13/h3-9,11,15H,2,10,12,17H2,1H3. The summed E-state index contributed by atoms with van der Waals surface area (Å²) in [6.07, 6.45) is 5.43. The average molecular weight is 256 g/mol. The molecule has 0 spiro atoms. The minimum Gasteiger partial charge on any atom is -0.489 e. The fourth-order valence-corrected chi connectivity index (χ4v) is 1.86. The number of nitrogens with two attached hydrogens (primary N) is 1. The van der Waals surface area contributed by atoms with Crippen LogP contribution in [0.25, 0.3) is 0 Å². The molecular formula is C16H20N2O. The lowest BCUT2D eigenvalue weighted by molar-refractivity contribution is 0.305. The van der Waals surface area contributed by atoms with Gasteiger partial charge in [0.25, 0.3) is 0 Å². The summed E-state index contributed by atoms with van der Waals surface area (Å²) < 4.78 is 5.78. The number of hydrogen-bond acceptors (Lipinski definition) is 3. The third kappa shape index (κ3) is 4.38. The van der Waals surface area contributed by atoms with Gasteiger partial charge in [0.2, 0.25) is 0 Å². The molecule has 0 aliphatic rings. The zero-order valence-corrected chi connectivity index (χ0v) is 11.3. The van der Waals surface area contributed by atoms with Gasteiger partial charge in [0, 0.05) is 18.4 Å². The van der Waals surface area contributed by atoms with E-state index in [-0.39, 0.29) is 6.04 Å². The van der Waals surface area contributed by atoms with Crippen molar-refractivity contribution in [2.75, 3.05) is 0 Å². The van der Waals surface area contributed by atoms with Crippen LogP contribution < -0.4 is 10.5 Å². The molecule has 0 aliphatic heterocycles. The quantitative estimate of drug-likeness (QED) is 0.864. The molecule has 19 heavy (non-hydrogen) atoms. The van der Waals surface area contributed by atoms with E-state index in [1.165, 1.54) is 5.56 Å². The highest BCUT2D eigenvalue weighted by Gasteiger charge is 2.03. The van der Waals surface area contributed by atoms with Crippen LogP contribution in [0.5, 0.6) is 5.75 Å². The average Bonchev–Trinajstić information content (AvgIpc) is 2.46. The monoisotopic (exact) mass is 256 g/mol. The Morgan fingerprint density at radius 3 is 2.68 bits per heavy atom. The molecule has 1 atom stereocenters. The molecule has 0 amide bonds. The van der Waals surface area contributed by atoms with E-state index in [4.69, 9.17) is 10.5 Å². The summed E-state index contributed by atoms with van der Waals surface area (Å²) in [5.74, 6) is 0.887. The molecule has 1 unspecified atom stereocenters. The third-order valence-electron chi connectivity index (χ3n) is 3.08. The summed E-state index contributed by atoms with van der Waals surface area (Å²) in [4.78, 5) is 3.99. The van der Waals surface area contributed by atoms with Gasteiger partial charge >= 0.3 is 0 Å². The lowest BCUT2D eigenvalue weighted by Gasteiger charge is -2.11. The minimum absolute atomic E-state index is 0.218. The van der Waals surface area contributed by atoms with Crippen LogP contribution in [0.1, 0.15) is 24.5 Å². The second-order valence-electron chi connectivity index (χ2n) is 4.66. The molecular weight excluding hydrogens is 236 g/mol. The maximum atomic E-state index is 5.97. The number of aromatic nitrogens is 1. The lowest BCUT2D eigenvalue weighted by atomic mass is 10.0. The van der Waals surface area contributed by atoms with Gasteiger partial charge in [-0.1, -0.05) is 19.1 Å². The van der Waals surface area contributed by atoms with E-state index in [2.05, 4.69) is 24.0 Å². The zero-order valence-electron chi connectivity index (χ0n) is 11.3. The maximum absolute atomic E-state index is 5.97. The van der Waals surface area contributed by atoms with E-state index in [0.717, 1.165) is 24.2 Å². The highest BCUT2D eigenvalue weighted by Crippen LogP contribution is 2.16. The Labute approximate surface area is 114 Å². The molecule has 2 aromatic rings. The molecule has 0 radical (unpaired) electrons. The van der Waals surface area contributed by atoms with E-state index < -0.39 is 0 Å². The van der Waals surface area contributed by atoms with Crippen molar-refractivity contribution in [2.24, 2.45) is 5.73 Å². The van der Waals surface area contributed by atoms with E-state index in [1.54, 1.807) is 12.4 Å². The topological polar surface area (TPSA) is 48.1 Å². The predicted octanol–water partition coefficient (Wildman–Crippen LogP) is 2.94. The summed E-state index contributed by atoms with van der Waals surface area (Å²) in [7, 11) is 0.